The van der Waals surface area contributed by atoms with Crippen molar-refractivity contribution in [1.82, 2.24) is 25.1 Å². The number of nitrogens with zero attached hydrogens (tertiary/aromatic N) is 5. The number of hydrogen-bond donors (Lipinski definition) is 2. The normalized spacial score (nSPS) is 15.4. The molecule has 0 amide bonds. The number of aromatic nitrogens is 2. The Bertz CT molecular complexity index is 1290. The number of nitrogens with one attached hydrogen (secondary N) is 1. The first-order valence-electron chi connectivity index (χ1n) is 14.2. The van der Waals surface area contributed by atoms with Crippen LogP contribution in [0.2, 0.25) is 0 Å². The third-order valence-electron chi connectivity index (χ3n) is 7.90. The van der Waals surface area contributed by atoms with Crippen LogP contribution < -0.4 is 19.7 Å². The summed E-state index contributed by atoms with van der Waals surface area (Å²) < 4.78 is 11.8. The van der Waals surface area contributed by atoms with Gasteiger partial charge in [-0.1, -0.05) is 24.3 Å². The fourth-order valence-corrected chi connectivity index (χ4v) is 5.53. The van der Waals surface area contributed by atoms with Crippen LogP contribution in [0.25, 0.3) is 11.1 Å². The maximum absolute atomic E-state index is 9.06. The number of anilines is 1. The van der Waals surface area contributed by atoms with Crippen LogP contribution >= 0.6 is 0 Å². The monoisotopic (exact) mass is 546 g/mol. The Morgan fingerprint density at radius 2 is 1.93 bits per heavy atom. The van der Waals surface area contributed by atoms with Gasteiger partial charge in [0, 0.05) is 37.9 Å². The van der Waals surface area contributed by atoms with E-state index in [1.54, 1.807) is 7.11 Å². The van der Waals surface area contributed by atoms with E-state index < -0.39 is 0 Å². The van der Waals surface area contributed by atoms with Gasteiger partial charge in [0.25, 0.3) is 0 Å². The van der Waals surface area contributed by atoms with Gasteiger partial charge >= 0.3 is 0 Å². The minimum atomic E-state index is 0.0802. The number of methoxy groups -OCH3 is 1. The van der Waals surface area contributed by atoms with Gasteiger partial charge in [0.05, 0.1) is 51.2 Å². The topological polar surface area (TPSA) is 86.2 Å². The fraction of sp³-hybridized carbons (Fsp3) is 0.484. The maximum atomic E-state index is 9.06. The van der Waals surface area contributed by atoms with E-state index in [1.807, 2.05) is 6.07 Å². The molecule has 1 saturated heterocycles. The van der Waals surface area contributed by atoms with Gasteiger partial charge in [-0.15, -0.1) is 0 Å². The van der Waals surface area contributed by atoms with Crippen molar-refractivity contribution in [3.05, 3.63) is 65.1 Å². The summed E-state index contributed by atoms with van der Waals surface area (Å²) in [4.78, 5) is 16.5. The van der Waals surface area contributed by atoms with Gasteiger partial charge in [-0.05, 0) is 62.3 Å². The highest BCUT2D eigenvalue weighted by atomic mass is 16.5. The molecule has 40 heavy (non-hydrogen) atoms. The minimum absolute atomic E-state index is 0.0802. The lowest BCUT2D eigenvalue weighted by Gasteiger charge is -2.42. The van der Waals surface area contributed by atoms with Crippen molar-refractivity contribution in [2.24, 2.45) is 0 Å². The van der Waals surface area contributed by atoms with Crippen LogP contribution in [0.4, 0.5) is 5.69 Å². The molecule has 2 N–H and O–H groups in total. The maximum Gasteiger partial charge on any atom is 0.221 e. The molecular formula is C31H42N6O3. The smallest absolute Gasteiger partial charge is 0.221 e. The molecule has 3 heterocycles. The van der Waals surface area contributed by atoms with Gasteiger partial charge in [0.15, 0.2) is 0 Å². The second-order valence-corrected chi connectivity index (χ2v) is 10.9. The summed E-state index contributed by atoms with van der Waals surface area (Å²) in [6, 6.07) is 15.6. The molecule has 3 aromatic rings. The molecule has 2 aliphatic heterocycles. The van der Waals surface area contributed by atoms with E-state index >= 15 is 0 Å². The second kappa shape index (κ2) is 13.0. The lowest BCUT2D eigenvalue weighted by Crippen LogP contribution is -2.57. The molecule has 9 nitrogen and oxygen atoms in total. The number of hydrogen-bond acceptors (Lipinski definition) is 9. The second-order valence-electron chi connectivity index (χ2n) is 10.9. The molecule has 9 heteroatoms. The number of likely N-dealkylation sites (tertiary alicyclic amines) is 1. The predicted molar refractivity (Wildman–Crippen MR) is 158 cm³/mol. The van der Waals surface area contributed by atoms with Crippen molar-refractivity contribution in [2.75, 3.05) is 65.5 Å². The number of aliphatic hydroxyl groups excluding tert-OH is 1. The van der Waals surface area contributed by atoms with Gasteiger partial charge < -0.3 is 29.7 Å². The molecule has 0 aliphatic carbocycles. The number of benzene rings is 2. The first-order valence-corrected chi connectivity index (χ1v) is 14.2. The van der Waals surface area contributed by atoms with Gasteiger partial charge in [-0.2, -0.15) is 4.98 Å². The number of ether oxygens (including phenoxy) is 2. The Labute approximate surface area is 237 Å². The summed E-state index contributed by atoms with van der Waals surface area (Å²) >= 11 is 0. The van der Waals surface area contributed by atoms with E-state index in [1.165, 1.54) is 16.8 Å². The van der Waals surface area contributed by atoms with Crippen molar-refractivity contribution >= 4 is 5.69 Å². The average molecular weight is 547 g/mol. The molecule has 214 valence electrons. The Kier molecular flexibility index (Phi) is 9.16. The van der Waals surface area contributed by atoms with Gasteiger partial charge in [-0.25, -0.2) is 4.98 Å². The molecule has 0 bridgehead atoms. The molecule has 0 spiro atoms. The predicted octanol–water partition coefficient (Wildman–Crippen LogP) is 3.08. The quantitative estimate of drug-likeness (QED) is 0.314. The molecule has 1 fully saturated rings. The standard InChI is InChI=1S/C31H42N6O3/c1-22-26(23-8-5-9-25(16-23)40-15-7-13-36-18-24(19-36)35(2)3)10-6-11-29(22)37-20-27-28(21-37)33-30(17-32-12-14-38)34-31(27)39-4/h5-6,8-11,16,24,32,38H,7,12-15,17-21H2,1-4H3. The van der Waals surface area contributed by atoms with E-state index in [0.29, 0.717) is 43.9 Å². The van der Waals surface area contributed by atoms with Crippen LogP contribution in [0.1, 0.15) is 29.1 Å². The van der Waals surface area contributed by atoms with Crippen LogP contribution in [-0.2, 0) is 19.6 Å². The number of rotatable bonds is 13. The average Bonchev–Trinajstić information content (AvgIpc) is 3.35. The molecule has 0 unspecified atom stereocenters. The Hall–Kier alpha value is -3.24. The molecule has 0 radical (unpaired) electrons. The van der Waals surface area contributed by atoms with Crippen LogP contribution in [0.5, 0.6) is 11.6 Å². The molecule has 2 aromatic carbocycles. The van der Waals surface area contributed by atoms with Crippen LogP contribution in [0, 0.1) is 6.92 Å². The first-order chi connectivity index (χ1) is 19.5. The van der Waals surface area contributed by atoms with Gasteiger partial charge in [-0.3, -0.25) is 4.90 Å². The van der Waals surface area contributed by atoms with E-state index in [2.05, 4.69) is 82.4 Å². The summed E-state index contributed by atoms with van der Waals surface area (Å²) in [6.45, 7) is 8.76. The summed E-state index contributed by atoms with van der Waals surface area (Å²) in [5, 5.41) is 12.2. The molecule has 0 atom stereocenters. The van der Waals surface area contributed by atoms with E-state index in [9.17, 15) is 0 Å². The highest BCUT2D eigenvalue weighted by molar-refractivity contribution is 5.75. The van der Waals surface area contributed by atoms with Gasteiger partial charge in [0.1, 0.15) is 11.6 Å². The van der Waals surface area contributed by atoms with Crippen LogP contribution in [0.3, 0.4) is 0 Å². The zero-order chi connectivity index (χ0) is 28.1. The van der Waals surface area contributed by atoms with E-state index in [-0.39, 0.29) is 6.61 Å². The Balaban J connectivity index is 1.24. The van der Waals surface area contributed by atoms with Crippen molar-refractivity contribution in [3.8, 4) is 22.8 Å². The minimum Gasteiger partial charge on any atom is -0.494 e. The lowest BCUT2D eigenvalue weighted by atomic mass is 9.98. The number of aliphatic hydroxyl groups is 1. The zero-order valence-corrected chi connectivity index (χ0v) is 24.2. The largest absolute Gasteiger partial charge is 0.494 e. The highest BCUT2D eigenvalue weighted by Crippen LogP contribution is 2.37. The molecular weight excluding hydrogens is 504 g/mol. The summed E-state index contributed by atoms with van der Waals surface area (Å²) in [5.41, 5.74) is 6.76. The van der Waals surface area contributed by atoms with Gasteiger partial charge in [0.2, 0.25) is 5.88 Å². The van der Waals surface area contributed by atoms with Crippen molar-refractivity contribution in [2.45, 2.75) is 39.0 Å². The molecule has 5 rings (SSSR count). The molecule has 2 aliphatic rings. The van der Waals surface area contributed by atoms with Crippen LogP contribution in [0.15, 0.2) is 42.5 Å². The van der Waals surface area contributed by atoms with Crippen LogP contribution in [-0.4, -0.2) is 91.5 Å². The first kappa shape index (κ1) is 28.3. The third-order valence-corrected chi connectivity index (χ3v) is 7.90. The lowest BCUT2D eigenvalue weighted by molar-refractivity contribution is 0.0595. The Morgan fingerprint density at radius 3 is 2.70 bits per heavy atom. The molecule has 1 aromatic heterocycles. The highest BCUT2D eigenvalue weighted by Gasteiger charge is 2.28. The van der Waals surface area contributed by atoms with Crippen molar-refractivity contribution < 1.29 is 14.6 Å². The van der Waals surface area contributed by atoms with E-state index in [4.69, 9.17) is 19.6 Å². The molecule has 0 saturated carbocycles. The van der Waals surface area contributed by atoms with E-state index in [0.717, 1.165) is 55.2 Å². The summed E-state index contributed by atoms with van der Waals surface area (Å²) in [6.07, 6.45) is 1.03. The zero-order valence-electron chi connectivity index (χ0n) is 24.2. The third kappa shape index (κ3) is 6.39. The van der Waals surface area contributed by atoms with Crippen molar-refractivity contribution in [3.63, 3.8) is 0 Å². The summed E-state index contributed by atoms with van der Waals surface area (Å²) in [5.74, 6) is 2.21. The summed E-state index contributed by atoms with van der Waals surface area (Å²) in [7, 11) is 5.96. The van der Waals surface area contributed by atoms with Crippen molar-refractivity contribution in [1.29, 1.82) is 0 Å². The number of likely N-dealkylation sites (N-methyl/N-ethyl adjacent to an activating group) is 1. The number of fused-ring (bicyclic) bond motifs is 1. The fourth-order valence-electron chi connectivity index (χ4n) is 5.53. The SMILES string of the molecule is COc1nc(CNCCO)nc2c1CN(c1cccc(-c3cccc(OCCCN4CC(N(C)C)C4)c3)c1C)C2. The Morgan fingerprint density at radius 1 is 1.10 bits per heavy atom.